The van der Waals surface area contributed by atoms with Crippen LogP contribution in [-0.2, 0) is 30.9 Å². The molecule has 9 heteroatoms. The van der Waals surface area contributed by atoms with E-state index in [-0.39, 0.29) is 6.54 Å². The predicted octanol–water partition coefficient (Wildman–Crippen LogP) is 2.66. The first kappa shape index (κ1) is 22.7. The number of halogens is 1. The third-order valence-electron chi connectivity index (χ3n) is 4.15. The molecular weight excluding hydrogens is 416 g/mol. The third-order valence-corrected chi connectivity index (χ3v) is 5.64. The number of nitrogens with one attached hydrogen (secondary N) is 1. The van der Waals surface area contributed by atoms with Crippen molar-refractivity contribution >= 4 is 39.2 Å². The lowest BCUT2D eigenvalue weighted by Gasteiger charge is -2.24. The maximum atomic E-state index is 12.3. The van der Waals surface area contributed by atoms with E-state index in [1.807, 2.05) is 0 Å². The molecule has 1 unspecified atom stereocenters. The molecule has 0 saturated carbocycles. The van der Waals surface area contributed by atoms with Crippen LogP contribution in [-0.4, -0.2) is 39.2 Å². The summed E-state index contributed by atoms with van der Waals surface area (Å²) in [5, 5.41) is 3.15. The van der Waals surface area contributed by atoms with Crippen LogP contribution in [0.25, 0.3) is 0 Å². The molecule has 0 aliphatic heterocycles. The number of sulfonamides is 1. The summed E-state index contributed by atoms with van der Waals surface area (Å²) in [6.07, 6.45) is -0.0878. The van der Waals surface area contributed by atoms with E-state index in [2.05, 4.69) is 5.32 Å². The highest BCUT2D eigenvalue weighted by Gasteiger charge is 2.25. The van der Waals surface area contributed by atoms with E-state index in [4.69, 9.17) is 16.3 Å². The average molecular weight is 439 g/mol. The van der Waals surface area contributed by atoms with Gasteiger partial charge in [0.05, 0.1) is 11.9 Å². The van der Waals surface area contributed by atoms with Crippen LogP contribution in [0.2, 0.25) is 5.02 Å². The Labute approximate surface area is 175 Å². The van der Waals surface area contributed by atoms with Crippen LogP contribution in [0.5, 0.6) is 0 Å². The van der Waals surface area contributed by atoms with Crippen molar-refractivity contribution in [2.24, 2.45) is 0 Å². The van der Waals surface area contributed by atoms with Gasteiger partial charge in [0, 0.05) is 11.6 Å². The molecule has 0 fully saturated rings. The van der Waals surface area contributed by atoms with Gasteiger partial charge < -0.3 is 10.1 Å². The molecule has 2 aromatic rings. The van der Waals surface area contributed by atoms with Gasteiger partial charge in [0.15, 0.2) is 6.10 Å². The second kappa shape index (κ2) is 9.76. The first-order valence-electron chi connectivity index (χ1n) is 8.83. The smallest absolute Gasteiger partial charge is 0.327 e. The lowest BCUT2D eigenvalue weighted by Crippen LogP contribution is -2.40. The van der Waals surface area contributed by atoms with Crippen LogP contribution in [0.4, 0.5) is 5.69 Å². The number of anilines is 1. The summed E-state index contributed by atoms with van der Waals surface area (Å²) < 4.78 is 30.4. The molecule has 7 nitrogen and oxygen atoms in total. The van der Waals surface area contributed by atoms with Gasteiger partial charge in [-0.05, 0) is 37.1 Å². The van der Waals surface area contributed by atoms with Crippen molar-refractivity contribution in [2.75, 3.05) is 17.1 Å². The van der Waals surface area contributed by atoms with Crippen molar-refractivity contribution in [1.29, 1.82) is 0 Å². The molecule has 0 spiro atoms. The topological polar surface area (TPSA) is 92.8 Å². The monoisotopic (exact) mass is 438 g/mol. The largest absolute Gasteiger partial charge is 0.451 e. The number of amides is 1. The number of carbonyl (C=O) groups excluding carboxylic acids is 2. The van der Waals surface area contributed by atoms with Gasteiger partial charge in [-0.15, -0.1) is 0 Å². The Morgan fingerprint density at radius 2 is 1.76 bits per heavy atom. The summed E-state index contributed by atoms with van der Waals surface area (Å²) in [5.41, 5.74) is 1.79. The van der Waals surface area contributed by atoms with E-state index in [9.17, 15) is 18.0 Å². The van der Waals surface area contributed by atoms with E-state index in [1.165, 1.54) is 6.92 Å². The molecular formula is C20H23ClN2O5S. The molecule has 2 aromatic carbocycles. The molecule has 0 heterocycles. The summed E-state index contributed by atoms with van der Waals surface area (Å²) in [4.78, 5) is 24.5. The highest BCUT2D eigenvalue weighted by molar-refractivity contribution is 7.92. The first-order valence-corrected chi connectivity index (χ1v) is 11.1. The zero-order valence-corrected chi connectivity index (χ0v) is 18.0. The maximum Gasteiger partial charge on any atom is 0.327 e. The quantitative estimate of drug-likeness (QED) is 0.639. The Bertz CT molecular complexity index is 994. The number of para-hydroxylation sites is 1. The predicted molar refractivity (Wildman–Crippen MR) is 112 cm³/mol. The Morgan fingerprint density at radius 3 is 2.38 bits per heavy atom. The molecule has 0 aliphatic rings. The van der Waals surface area contributed by atoms with E-state index in [0.717, 1.165) is 16.1 Å². The van der Waals surface area contributed by atoms with Crippen LogP contribution in [0.3, 0.4) is 0 Å². The molecule has 0 aromatic heterocycles. The number of benzene rings is 2. The van der Waals surface area contributed by atoms with Gasteiger partial charge in [-0.25, -0.2) is 8.42 Å². The Morgan fingerprint density at radius 1 is 1.14 bits per heavy atom. The van der Waals surface area contributed by atoms with Gasteiger partial charge >= 0.3 is 5.97 Å². The van der Waals surface area contributed by atoms with Gasteiger partial charge in [-0.2, -0.15) is 0 Å². The zero-order valence-electron chi connectivity index (χ0n) is 16.4. The van der Waals surface area contributed by atoms with Crippen molar-refractivity contribution < 1.29 is 22.7 Å². The van der Waals surface area contributed by atoms with Gasteiger partial charge in [0.25, 0.3) is 5.91 Å². The van der Waals surface area contributed by atoms with E-state index in [0.29, 0.717) is 16.3 Å². The fourth-order valence-electron chi connectivity index (χ4n) is 2.60. The normalized spacial score (nSPS) is 12.1. The van der Waals surface area contributed by atoms with E-state index in [1.54, 1.807) is 55.5 Å². The zero-order chi connectivity index (χ0) is 21.6. The Balaban J connectivity index is 1.99. The van der Waals surface area contributed by atoms with Crippen molar-refractivity contribution in [2.45, 2.75) is 26.5 Å². The fourth-order valence-corrected chi connectivity index (χ4v) is 3.70. The number of hydrogen-bond acceptors (Lipinski definition) is 5. The molecule has 1 atom stereocenters. The van der Waals surface area contributed by atoms with Crippen molar-refractivity contribution in [1.82, 2.24) is 5.32 Å². The standard InChI is InChI=1S/C20H23ClN2O5S/c1-14-8-4-7-11-18(14)23(29(3,26)27)13-19(24)28-15(2)20(25)22-12-16-9-5-6-10-17(16)21/h4-11,15H,12-13H2,1-3H3,(H,22,25). The number of nitrogens with zero attached hydrogens (tertiary/aromatic N) is 1. The van der Waals surface area contributed by atoms with Gasteiger partial charge in [-0.3, -0.25) is 13.9 Å². The lowest BCUT2D eigenvalue weighted by atomic mass is 10.2. The molecule has 2 rings (SSSR count). The summed E-state index contributed by atoms with van der Waals surface area (Å²) >= 11 is 6.04. The number of ether oxygens (including phenoxy) is 1. The third kappa shape index (κ3) is 6.47. The minimum atomic E-state index is -3.73. The molecule has 156 valence electrons. The lowest BCUT2D eigenvalue weighted by molar-refractivity contribution is -0.153. The summed E-state index contributed by atoms with van der Waals surface area (Å²) in [6.45, 7) is 2.80. The second-order valence-corrected chi connectivity index (χ2v) is 8.81. The maximum absolute atomic E-state index is 12.3. The molecule has 29 heavy (non-hydrogen) atoms. The number of esters is 1. The van der Waals surface area contributed by atoms with Gasteiger partial charge in [0.2, 0.25) is 10.0 Å². The van der Waals surface area contributed by atoms with Crippen LogP contribution >= 0.6 is 11.6 Å². The van der Waals surface area contributed by atoms with Crippen molar-refractivity contribution in [3.05, 3.63) is 64.7 Å². The van der Waals surface area contributed by atoms with Crippen LogP contribution in [0, 0.1) is 6.92 Å². The summed E-state index contributed by atoms with van der Waals surface area (Å²) in [7, 11) is -3.73. The summed E-state index contributed by atoms with van der Waals surface area (Å²) in [5.74, 6) is -1.35. The molecule has 1 N–H and O–H groups in total. The molecule has 0 radical (unpaired) electrons. The molecule has 0 saturated heterocycles. The van der Waals surface area contributed by atoms with Crippen LogP contribution < -0.4 is 9.62 Å². The fraction of sp³-hybridized carbons (Fsp3) is 0.300. The molecule has 0 aliphatic carbocycles. The highest BCUT2D eigenvalue weighted by atomic mass is 35.5. The highest BCUT2D eigenvalue weighted by Crippen LogP contribution is 2.22. The first-order chi connectivity index (χ1) is 13.6. The summed E-state index contributed by atoms with van der Waals surface area (Å²) in [6, 6.07) is 13.8. The second-order valence-electron chi connectivity index (χ2n) is 6.50. The minimum Gasteiger partial charge on any atom is -0.451 e. The van der Waals surface area contributed by atoms with E-state index < -0.39 is 34.5 Å². The number of carbonyl (C=O) groups is 2. The number of rotatable bonds is 8. The van der Waals surface area contributed by atoms with Gasteiger partial charge in [0.1, 0.15) is 6.54 Å². The van der Waals surface area contributed by atoms with Crippen LogP contribution in [0.15, 0.2) is 48.5 Å². The Hall–Kier alpha value is -2.58. The van der Waals surface area contributed by atoms with Crippen LogP contribution in [0.1, 0.15) is 18.1 Å². The number of aryl methyl sites for hydroxylation is 1. The Kier molecular flexibility index (Phi) is 7.64. The average Bonchev–Trinajstić information content (AvgIpc) is 2.65. The van der Waals surface area contributed by atoms with Gasteiger partial charge in [-0.1, -0.05) is 48.0 Å². The van der Waals surface area contributed by atoms with E-state index >= 15 is 0 Å². The van der Waals surface area contributed by atoms with Crippen molar-refractivity contribution in [3.8, 4) is 0 Å². The number of hydrogen-bond donors (Lipinski definition) is 1. The van der Waals surface area contributed by atoms with Crippen molar-refractivity contribution in [3.63, 3.8) is 0 Å². The molecule has 1 amide bonds. The molecule has 0 bridgehead atoms. The SMILES string of the molecule is Cc1ccccc1N(CC(=O)OC(C)C(=O)NCc1ccccc1Cl)S(C)(=O)=O. The minimum absolute atomic E-state index is 0.180.